The Bertz CT molecular complexity index is 786. The van der Waals surface area contributed by atoms with Crippen LogP contribution in [0.25, 0.3) is 0 Å². The predicted molar refractivity (Wildman–Crippen MR) is 98.8 cm³/mol. The number of nitrogens with one attached hydrogen (secondary N) is 1. The number of rotatable bonds is 6. The van der Waals surface area contributed by atoms with Gasteiger partial charge in [-0.05, 0) is 37.9 Å². The van der Waals surface area contributed by atoms with Crippen molar-refractivity contribution in [1.29, 1.82) is 0 Å². The van der Waals surface area contributed by atoms with E-state index in [1.54, 1.807) is 17.2 Å². The van der Waals surface area contributed by atoms with Crippen LogP contribution < -0.4 is 5.32 Å². The maximum Gasteiger partial charge on any atom is 0.327 e. The van der Waals surface area contributed by atoms with E-state index in [1.807, 2.05) is 23.1 Å². The van der Waals surface area contributed by atoms with E-state index in [1.165, 1.54) is 10.5 Å². The number of piperidine rings is 1. The smallest absolute Gasteiger partial charge is 0.318 e. The van der Waals surface area contributed by atoms with E-state index < -0.39 is 5.54 Å². The van der Waals surface area contributed by atoms with Crippen LogP contribution in [0.5, 0.6) is 0 Å². The lowest BCUT2D eigenvalue weighted by Crippen LogP contribution is -2.56. The van der Waals surface area contributed by atoms with E-state index >= 15 is 0 Å². The molecular formula is C19H24N6O2. The lowest BCUT2D eigenvalue weighted by atomic mass is 9.86. The molecule has 0 saturated carbocycles. The Kier molecular flexibility index (Phi) is 4.89. The molecule has 0 unspecified atom stereocenters. The molecule has 2 saturated heterocycles. The van der Waals surface area contributed by atoms with Gasteiger partial charge in [0.2, 0.25) is 0 Å². The first-order chi connectivity index (χ1) is 13.2. The van der Waals surface area contributed by atoms with Gasteiger partial charge in [0, 0.05) is 19.6 Å². The summed E-state index contributed by atoms with van der Waals surface area (Å²) in [6.45, 7) is 2.90. The summed E-state index contributed by atoms with van der Waals surface area (Å²) < 4.78 is 1.78. The summed E-state index contributed by atoms with van der Waals surface area (Å²) in [5.74, 6) is -0.0601. The van der Waals surface area contributed by atoms with E-state index in [-0.39, 0.29) is 11.9 Å². The Labute approximate surface area is 158 Å². The first-order valence-corrected chi connectivity index (χ1v) is 9.41. The summed E-state index contributed by atoms with van der Waals surface area (Å²) in [7, 11) is 0. The van der Waals surface area contributed by atoms with Crippen LogP contribution in [0.4, 0.5) is 4.79 Å². The molecule has 0 aliphatic carbocycles. The van der Waals surface area contributed by atoms with Crippen LogP contribution in [0, 0.1) is 0 Å². The highest BCUT2D eigenvalue weighted by atomic mass is 16.2. The minimum Gasteiger partial charge on any atom is -0.318 e. The van der Waals surface area contributed by atoms with Crippen molar-refractivity contribution in [2.24, 2.45) is 0 Å². The van der Waals surface area contributed by atoms with Gasteiger partial charge in [-0.15, -0.1) is 10.2 Å². The van der Waals surface area contributed by atoms with Crippen molar-refractivity contribution >= 4 is 11.9 Å². The molecule has 8 nitrogen and oxygen atoms in total. The fraction of sp³-hybridized carbons (Fsp3) is 0.474. The Balaban J connectivity index is 1.53. The van der Waals surface area contributed by atoms with Gasteiger partial charge in [-0.1, -0.05) is 30.3 Å². The molecule has 8 heteroatoms. The highest BCUT2D eigenvalue weighted by Crippen LogP contribution is 2.35. The lowest BCUT2D eigenvalue weighted by Gasteiger charge is -2.38. The molecule has 3 heterocycles. The Morgan fingerprint density at radius 2 is 1.67 bits per heavy atom. The number of hydrogen-bond donors (Lipinski definition) is 1. The Morgan fingerprint density at radius 3 is 2.37 bits per heavy atom. The second-order valence-electron chi connectivity index (χ2n) is 7.11. The normalized spacial score (nSPS) is 19.3. The van der Waals surface area contributed by atoms with Crippen molar-refractivity contribution in [2.75, 3.05) is 26.2 Å². The fourth-order valence-electron chi connectivity index (χ4n) is 4.05. The largest absolute Gasteiger partial charge is 0.327 e. The van der Waals surface area contributed by atoms with Crippen molar-refractivity contribution in [1.82, 2.24) is 29.9 Å². The summed E-state index contributed by atoms with van der Waals surface area (Å²) in [6.07, 6.45) is 5.26. The summed E-state index contributed by atoms with van der Waals surface area (Å²) >= 11 is 0. The van der Waals surface area contributed by atoms with Crippen molar-refractivity contribution in [3.8, 4) is 0 Å². The van der Waals surface area contributed by atoms with Gasteiger partial charge >= 0.3 is 6.03 Å². The molecule has 0 bridgehead atoms. The topological polar surface area (TPSA) is 83.4 Å². The van der Waals surface area contributed by atoms with E-state index in [2.05, 4.69) is 27.6 Å². The zero-order valence-electron chi connectivity index (χ0n) is 15.3. The first kappa shape index (κ1) is 17.7. The molecule has 2 fully saturated rings. The highest BCUT2D eigenvalue weighted by molar-refractivity contribution is 6.07. The first-order valence-electron chi connectivity index (χ1n) is 9.41. The predicted octanol–water partition coefficient (Wildman–Crippen LogP) is 0.907. The minimum atomic E-state index is -0.704. The third kappa shape index (κ3) is 3.32. The second-order valence-corrected chi connectivity index (χ2v) is 7.11. The molecule has 1 aromatic heterocycles. The van der Waals surface area contributed by atoms with E-state index in [9.17, 15) is 9.59 Å². The summed E-state index contributed by atoms with van der Waals surface area (Å²) in [5.41, 5.74) is 0.467. The number of carbonyl (C=O) groups excluding carboxylic acids is 2. The summed E-state index contributed by atoms with van der Waals surface area (Å²) in [5, 5.41) is 10.9. The van der Waals surface area contributed by atoms with E-state index in [0.717, 1.165) is 19.5 Å². The number of amides is 3. The van der Waals surface area contributed by atoms with Crippen molar-refractivity contribution in [3.05, 3.63) is 48.5 Å². The number of benzene rings is 1. The van der Waals surface area contributed by atoms with Gasteiger partial charge in [-0.25, -0.2) is 4.79 Å². The average Bonchev–Trinajstić information content (AvgIpc) is 3.28. The van der Waals surface area contributed by atoms with Gasteiger partial charge < -0.3 is 14.8 Å². The molecule has 4 rings (SSSR count). The number of aromatic nitrogens is 3. The van der Waals surface area contributed by atoms with E-state index in [4.69, 9.17) is 0 Å². The molecule has 3 amide bonds. The molecule has 1 spiro atoms. The van der Waals surface area contributed by atoms with Crippen molar-refractivity contribution in [2.45, 2.75) is 31.3 Å². The van der Waals surface area contributed by atoms with Gasteiger partial charge in [-0.2, -0.15) is 0 Å². The minimum absolute atomic E-state index is 0.0601. The number of urea groups is 1. The van der Waals surface area contributed by atoms with Crippen LogP contribution in [-0.4, -0.2) is 68.2 Å². The van der Waals surface area contributed by atoms with Gasteiger partial charge in [0.05, 0.1) is 0 Å². The lowest BCUT2D eigenvalue weighted by molar-refractivity contribution is -0.134. The summed E-state index contributed by atoms with van der Waals surface area (Å²) in [4.78, 5) is 29.6. The number of imide groups is 1. The molecule has 2 aromatic rings. The van der Waals surface area contributed by atoms with Gasteiger partial charge in [0.1, 0.15) is 18.2 Å². The monoisotopic (exact) mass is 368 g/mol. The standard InChI is InChI=1S/C19H24N6O2/c26-17-19(7-9-20-10-8-19)25(11-6-16-4-2-1-3-5-16)18(27)24(17)13-12-23-14-21-22-15-23/h1-5,14-15,20H,6-13H2. The second kappa shape index (κ2) is 7.48. The molecule has 0 atom stereocenters. The van der Waals surface area contributed by atoms with E-state index in [0.29, 0.717) is 32.5 Å². The van der Waals surface area contributed by atoms with Crippen LogP contribution in [-0.2, 0) is 17.8 Å². The SMILES string of the molecule is O=C1N(CCn2cnnc2)C(=O)C2(CCNCC2)N1CCc1ccccc1. The molecular weight excluding hydrogens is 344 g/mol. The third-order valence-electron chi connectivity index (χ3n) is 5.57. The fourth-order valence-corrected chi connectivity index (χ4v) is 4.05. The van der Waals surface area contributed by atoms with Crippen LogP contribution in [0.3, 0.4) is 0 Å². The number of carbonyl (C=O) groups is 2. The van der Waals surface area contributed by atoms with Gasteiger partial charge in [-0.3, -0.25) is 9.69 Å². The van der Waals surface area contributed by atoms with Crippen LogP contribution in [0.15, 0.2) is 43.0 Å². The van der Waals surface area contributed by atoms with Gasteiger partial charge in [0.15, 0.2) is 0 Å². The molecule has 2 aliphatic rings. The van der Waals surface area contributed by atoms with Crippen molar-refractivity contribution in [3.63, 3.8) is 0 Å². The maximum atomic E-state index is 13.3. The summed E-state index contributed by atoms with van der Waals surface area (Å²) in [6, 6.07) is 9.92. The highest BCUT2D eigenvalue weighted by Gasteiger charge is 2.56. The zero-order valence-corrected chi connectivity index (χ0v) is 15.3. The molecule has 1 aromatic carbocycles. The molecule has 1 N–H and O–H groups in total. The third-order valence-corrected chi connectivity index (χ3v) is 5.57. The maximum absolute atomic E-state index is 13.3. The van der Waals surface area contributed by atoms with Crippen molar-refractivity contribution < 1.29 is 9.59 Å². The molecule has 2 aliphatic heterocycles. The molecule has 142 valence electrons. The number of nitrogens with zero attached hydrogens (tertiary/aromatic N) is 5. The van der Waals surface area contributed by atoms with Crippen LogP contribution >= 0.6 is 0 Å². The average molecular weight is 368 g/mol. The quantitative estimate of drug-likeness (QED) is 0.766. The molecule has 27 heavy (non-hydrogen) atoms. The Morgan fingerprint density at radius 1 is 0.963 bits per heavy atom. The van der Waals surface area contributed by atoms with Crippen LogP contribution in [0.1, 0.15) is 18.4 Å². The van der Waals surface area contributed by atoms with Crippen LogP contribution in [0.2, 0.25) is 0 Å². The molecule has 0 radical (unpaired) electrons. The van der Waals surface area contributed by atoms with Gasteiger partial charge in [0.25, 0.3) is 5.91 Å². The zero-order chi connectivity index (χ0) is 18.7. The Hall–Kier alpha value is -2.74. The number of hydrogen-bond acceptors (Lipinski definition) is 5.